The van der Waals surface area contributed by atoms with Gasteiger partial charge in [0.25, 0.3) is 0 Å². The lowest BCUT2D eigenvalue weighted by Crippen LogP contribution is -1.98. The normalized spacial score (nSPS) is 10.2. The number of hydrogen-bond donors (Lipinski definition) is 1. The van der Waals surface area contributed by atoms with Gasteiger partial charge in [-0.2, -0.15) is 0 Å². The number of azide groups is 1. The molecule has 1 aromatic heterocycles. The van der Waals surface area contributed by atoms with Crippen LogP contribution in [-0.2, 0) is 0 Å². The Morgan fingerprint density at radius 1 is 1.20 bits per heavy atom. The summed E-state index contributed by atoms with van der Waals surface area (Å²) in [7, 11) is 0. The van der Waals surface area contributed by atoms with Crippen molar-refractivity contribution in [2.24, 2.45) is 5.11 Å². The maximum atomic E-state index is 8.14. The summed E-state index contributed by atoms with van der Waals surface area (Å²) < 4.78 is 5.69. The predicted octanol–water partition coefficient (Wildman–Crippen LogP) is 3.68. The molecule has 0 spiro atoms. The van der Waals surface area contributed by atoms with Crippen LogP contribution >= 0.6 is 0 Å². The molecule has 0 unspecified atom stereocenters. The van der Waals surface area contributed by atoms with Gasteiger partial charge in [0.15, 0.2) is 0 Å². The van der Waals surface area contributed by atoms with Gasteiger partial charge in [-0.3, -0.25) is 0 Å². The number of nitrogens with zero attached hydrogens (tertiary/aromatic N) is 4. The molecule has 0 amide bonds. The van der Waals surface area contributed by atoms with E-state index in [4.69, 9.17) is 16.0 Å². The molecule has 6 heteroatoms. The second-order valence-corrected chi connectivity index (χ2v) is 4.45. The van der Waals surface area contributed by atoms with E-state index in [0.29, 0.717) is 19.0 Å². The van der Waals surface area contributed by atoms with E-state index in [0.717, 1.165) is 35.9 Å². The van der Waals surface area contributed by atoms with Crippen LogP contribution in [0.4, 0.5) is 5.82 Å². The molecule has 104 valence electrons. The summed E-state index contributed by atoms with van der Waals surface area (Å²) in [5.74, 6) is 1.35. The zero-order chi connectivity index (χ0) is 14.2. The van der Waals surface area contributed by atoms with E-state index < -0.39 is 0 Å². The third-order valence-corrected chi connectivity index (χ3v) is 2.92. The minimum Gasteiger partial charge on any atom is -0.494 e. The Hall–Kier alpha value is -2.46. The van der Waals surface area contributed by atoms with E-state index in [-0.39, 0.29) is 0 Å². The van der Waals surface area contributed by atoms with Gasteiger partial charge in [-0.25, -0.2) is 4.98 Å². The molecule has 0 aliphatic carbocycles. The second-order valence-electron chi connectivity index (χ2n) is 4.45. The van der Waals surface area contributed by atoms with Crippen LogP contribution in [0.15, 0.2) is 35.4 Å². The van der Waals surface area contributed by atoms with Crippen molar-refractivity contribution in [1.29, 1.82) is 0 Å². The molecular weight excluding hydrogens is 254 g/mol. The van der Waals surface area contributed by atoms with E-state index in [1.165, 1.54) is 0 Å². The summed E-state index contributed by atoms with van der Waals surface area (Å²) in [6.45, 7) is 1.21. The van der Waals surface area contributed by atoms with Crippen molar-refractivity contribution < 1.29 is 4.74 Å². The van der Waals surface area contributed by atoms with E-state index in [1.807, 2.05) is 24.3 Å². The molecule has 0 fully saturated rings. The van der Waals surface area contributed by atoms with Gasteiger partial charge in [-0.1, -0.05) is 5.11 Å². The third kappa shape index (κ3) is 4.03. The quantitative estimate of drug-likeness (QED) is 0.360. The highest BCUT2D eigenvalue weighted by Gasteiger charge is 1.99. The number of pyridine rings is 1. The van der Waals surface area contributed by atoms with Crippen LogP contribution in [0.2, 0.25) is 0 Å². The molecule has 2 aromatic rings. The average molecular weight is 271 g/mol. The van der Waals surface area contributed by atoms with Crippen molar-refractivity contribution in [3.8, 4) is 5.75 Å². The Labute approximate surface area is 117 Å². The summed E-state index contributed by atoms with van der Waals surface area (Å²) in [5.41, 5.74) is 14.6. The van der Waals surface area contributed by atoms with Crippen molar-refractivity contribution in [2.45, 2.75) is 19.3 Å². The van der Waals surface area contributed by atoms with Gasteiger partial charge in [0.05, 0.1) is 12.1 Å². The van der Waals surface area contributed by atoms with E-state index in [1.54, 1.807) is 6.07 Å². The number of anilines is 1. The molecule has 0 radical (unpaired) electrons. The number of nitrogen functional groups attached to an aromatic ring is 1. The Kier molecular flexibility index (Phi) is 5.03. The first kappa shape index (κ1) is 14.0. The number of nitrogens with two attached hydrogens (primary N) is 1. The van der Waals surface area contributed by atoms with Crippen LogP contribution in [0.3, 0.4) is 0 Å². The van der Waals surface area contributed by atoms with E-state index in [9.17, 15) is 0 Å². The Balaban J connectivity index is 1.81. The van der Waals surface area contributed by atoms with Crippen LogP contribution in [-0.4, -0.2) is 18.1 Å². The molecule has 2 N–H and O–H groups in total. The highest BCUT2D eigenvalue weighted by molar-refractivity contribution is 5.81. The van der Waals surface area contributed by atoms with Gasteiger partial charge in [0, 0.05) is 16.8 Å². The minimum absolute atomic E-state index is 0.520. The summed E-state index contributed by atoms with van der Waals surface area (Å²) in [4.78, 5) is 6.95. The SMILES string of the molecule is [N-]=[N+]=NCCCCCOc1ccc2nc(N)ccc2c1. The second kappa shape index (κ2) is 7.21. The maximum absolute atomic E-state index is 8.14. The molecule has 0 saturated carbocycles. The molecule has 0 saturated heterocycles. The molecule has 20 heavy (non-hydrogen) atoms. The summed E-state index contributed by atoms with van der Waals surface area (Å²) in [6.07, 6.45) is 2.83. The summed E-state index contributed by atoms with van der Waals surface area (Å²) in [5, 5.41) is 4.51. The van der Waals surface area contributed by atoms with Crippen LogP contribution in [0.1, 0.15) is 19.3 Å². The number of unbranched alkanes of at least 4 members (excludes halogenated alkanes) is 2. The van der Waals surface area contributed by atoms with Crippen LogP contribution in [0, 0.1) is 0 Å². The fourth-order valence-electron chi connectivity index (χ4n) is 1.91. The van der Waals surface area contributed by atoms with Crippen LogP contribution in [0.5, 0.6) is 5.75 Å². The molecule has 2 rings (SSSR count). The first-order chi connectivity index (χ1) is 9.79. The van der Waals surface area contributed by atoms with Gasteiger partial charge in [-0.15, -0.1) is 0 Å². The monoisotopic (exact) mass is 271 g/mol. The number of ether oxygens (including phenoxy) is 1. The van der Waals surface area contributed by atoms with Crippen molar-refractivity contribution >= 4 is 16.7 Å². The lowest BCUT2D eigenvalue weighted by molar-refractivity contribution is 0.306. The summed E-state index contributed by atoms with van der Waals surface area (Å²) >= 11 is 0. The van der Waals surface area contributed by atoms with Gasteiger partial charge < -0.3 is 10.5 Å². The molecule has 0 aliphatic rings. The first-order valence-electron chi connectivity index (χ1n) is 6.59. The highest BCUT2D eigenvalue weighted by atomic mass is 16.5. The molecule has 0 atom stereocenters. The fourth-order valence-corrected chi connectivity index (χ4v) is 1.91. The van der Waals surface area contributed by atoms with Crippen molar-refractivity contribution in [3.63, 3.8) is 0 Å². The standard InChI is InChI=1S/C14H17N5O/c15-14-7-4-11-10-12(5-6-13(11)18-14)20-9-3-1-2-8-17-19-16/h4-7,10H,1-3,8-9H2,(H2,15,18). The number of aromatic nitrogens is 1. The smallest absolute Gasteiger partial charge is 0.124 e. The zero-order valence-electron chi connectivity index (χ0n) is 11.2. The lowest BCUT2D eigenvalue weighted by Gasteiger charge is -2.07. The molecular formula is C14H17N5O. The molecule has 1 heterocycles. The lowest BCUT2D eigenvalue weighted by atomic mass is 10.2. The van der Waals surface area contributed by atoms with Crippen LogP contribution in [0.25, 0.3) is 21.3 Å². The maximum Gasteiger partial charge on any atom is 0.124 e. The highest BCUT2D eigenvalue weighted by Crippen LogP contribution is 2.20. The Bertz CT molecular complexity index is 622. The number of fused-ring (bicyclic) bond motifs is 1. The molecule has 1 aromatic carbocycles. The topological polar surface area (TPSA) is 96.9 Å². The van der Waals surface area contributed by atoms with Gasteiger partial charge in [0.2, 0.25) is 0 Å². The fraction of sp³-hybridized carbons (Fsp3) is 0.357. The Morgan fingerprint density at radius 2 is 2.10 bits per heavy atom. The van der Waals surface area contributed by atoms with Gasteiger partial charge in [-0.05, 0) is 55.1 Å². The van der Waals surface area contributed by atoms with Crippen molar-refractivity contribution in [1.82, 2.24) is 4.98 Å². The summed E-state index contributed by atoms with van der Waals surface area (Å²) in [6, 6.07) is 9.48. The largest absolute Gasteiger partial charge is 0.494 e. The predicted molar refractivity (Wildman–Crippen MR) is 79.5 cm³/mol. The van der Waals surface area contributed by atoms with Crippen molar-refractivity contribution in [2.75, 3.05) is 18.9 Å². The number of rotatable bonds is 7. The van der Waals surface area contributed by atoms with Gasteiger partial charge in [0.1, 0.15) is 11.6 Å². The molecule has 6 nitrogen and oxygen atoms in total. The van der Waals surface area contributed by atoms with Gasteiger partial charge >= 0.3 is 0 Å². The molecule has 0 bridgehead atoms. The minimum atomic E-state index is 0.520. The van der Waals surface area contributed by atoms with E-state index >= 15 is 0 Å². The average Bonchev–Trinajstić information content (AvgIpc) is 2.46. The third-order valence-electron chi connectivity index (χ3n) is 2.92. The molecule has 0 aliphatic heterocycles. The van der Waals surface area contributed by atoms with Crippen molar-refractivity contribution in [3.05, 3.63) is 40.8 Å². The number of hydrogen-bond acceptors (Lipinski definition) is 4. The Morgan fingerprint density at radius 3 is 2.95 bits per heavy atom. The van der Waals surface area contributed by atoms with E-state index in [2.05, 4.69) is 15.0 Å². The first-order valence-corrected chi connectivity index (χ1v) is 6.59. The van der Waals surface area contributed by atoms with Crippen LogP contribution < -0.4 is 10.5 Å². The zero-order valence-corrected chi connectivity index (χ0v) is 11.2. The number of benzene rings is 1.